The molecule has 20 heavy (non-hydrogen) atoms. The third-order valence-electron chi connectivity index (χ3n) is 3.00. The Morgan fingerprint density at radius 3 is 2.65 bits per heavy atom. The van der Waals surface area contributed by atoms with Crippen LogP contribution < -0.4 is 10.6 Å². The predicted octanol–water partition coefficient (Wildman–Crippen LogP) is 4.07. The molecule has 0 aliphatic heterocycles. The molecule has 0 aliphatic carbocycles. The first-order valence-corrected chi connectivity index (χ1v) is 7.64. The zero-order chi connectivity index (χ0) is 14.7. The van der Waals surface area contributed by atoms with Gasteiger partial charge < -0.3 is 10.6 Å². The molecule has 5 heteroatoms. The van der Waals surface area contributed by atoms with Gasteiger partial charge in [-0.15, -0.1) is 11.3 Å². The normalized spacial score (nSPS) is 12.4. The molecule has 1 unspecified atom stereocenters. The lowest BCUT2D eigenvalue weighted by Crippen LogP contribution is -2.19. The second-order valence-electron chi connectivity index (χ2n) is 5.03. The first kappa shape index (κ1) is 15.3. The van der Waals surface area contributed by atoms with Crippen molar-refractivity contribution in [2.24, 2.45) is 5.73 Å². The van der Waals surface area contributed by atoms with Crippen LogP contribution in [0.2, 0.25) is 4.34 Å². The van der Waals surface area contributed by atoms with E-state index in [0.717, 1.165) is 14.8 Å². The number of halogens is 2. The summed E-state index contributed by atoms with van der Waals surface area (Å²) >= 11 is 7.42. The van der Waals surface area contributed by atoms with Crippen LogP contribution in [0.25, 0.3) is 0 Å². The van der Waals surface area contributed by atoms with E-state index in [1.807, 2.05) is 43.1 Å². The molecule has 1 aromatic carbocycles. The number of hydrogen-bond acceptors (Lipinski definition) is 3. The molecule has 1 atom stereocenters. The smallest absolute Gasteiger partial charge is 0.146 e. The summed E-state index contributed by atoms with van der Waals surface area (Å²) in [6, 6.07) is 9.16. The predicted molar refractivity (Wildman–Crippen MR) is 85.2 cm³/mol. The van der Waals surface area contributed by atoms with E-state index >= 15 is 0 Å². The molecule has 108 valence electrons. The lowest BCUT2D eigenvalue weighted by molar-refractivity contribution is 0.617. The van der Waals surface area contributed by atoms with E-state index in [-0.39, 0.29) is 11.9 Å². The third-order valence-corrected chi connectivity index (χ3v) is 4.22. The molecule has 2 rings (SSSR count). The zero-order valence-electron chi connectivity index (χ0n) is 11.6. The molecule has 2 aromatic rings. The van der Waals surface area contributed by atoms with Gasteiger partial charge in [0.2, 0.25) is 0 Å². The van der Waals surface area contributed by atoms with Crippen molar-refractivity contribution in [1.82, 2.24) is 0 Å². The van der Waals surface area contributed by atoms with Gasteiger partial charge in [0.15, 0.2) is 0 Å². The van der Waals surface area contributed by atoms with E-state index in [9.17, 15) is 4.39 Å². The minimum atomic E-state index is -0.215. The van der Waals surface area contributed by atoms with Crippen molar-refractivity contribution in [3.63, 3.8) is 0 Å². The molecule has 2 nitrogen and oxygen atoms in total. The van der Waals surface area contributed by atoms with Crippen LogP contribution >= 0.6 is 22.9 Å². The van der Waals surface area contributed by atoms with Gasteiger partial charge in [0.05, 0.1) is 16.6 Å². The van der Waals surface area contributed by atoms with Crippen molar-refractivity contribution in [1.29, 1.82) is 0 Å². The fourth-order valence-electron chi connectivity index (χ4n) is 2.11. The van der Waals surface area contributed by atoms with E-state index in [4.69, 9.17) is 17.3 Å². The number of rotatable bonds is 5. The SMILES string of the molecule is CC(N)Cc1ccc(N(C)Cc2ccc(Cl)s2)c(F)c1. The number of nitrogens with zero attached hydrogens (tertiary/aromatic N) is 1. The lowest BCUT2D eigenvalue weighted by Gasteiger charge is -2.20. The van der Waals surface area contributed by atoms with Gasteiger partial charge in [-0.1, -0.05) is 17.7 Å². The molecule has 0 bridgehead atoms. The van der Waals surface area contributed by atoms with Crippen molar-refractivity contribution < 1.29 is 4.39 Å². The summed E-state index contributed by atoms with van der Waals surface area (Å²) in [5.74, 6) is -0.215. The van der Waals surface area contributed by atoms with Crippen LogP contribution in [0.5, 0.6) is 0 Å². The second-order valence-corrected chi connectivity index (χ2v) is 6.83. The monoisotopic (exact) mass is 312 g/mol. The van der Waals surface area contributed by atoms with Crippen molar-refractivity contribution in [3.8, 4) is 0 Å². The van der Waals surface area contributed by atoms with E-state index in [1.54, 1.807) is 6.07 Å². The van der Waals surface area contributed by atoms with Crippen molar-refractivity contribution in [3.05, 3.63) is 50.9 Å². The Kier molecular flexibility index (Phi) is 5.02. The highest BCUT2D eigenvalue weighted by atomic mass is 35.5. The summed E-state index contributed by atoms with van der Waals surface area (Å²) in [6.45, 7) is 2.55. The molecule has 0 amide bonds. The summed E-state index contributed by atoms with van der Waals surface area (Å²) < 4.78 is 14.9. The summed E-state index contributed by atoms with van der Waals surface area (Å²) in [6.07, 6.45) is 0.682. The van der Waals surface area contributed by atoms with Crippen LogP contribution in [0.4, 0.5) is 10.1 Å². The van der Waals surface area contributed by atoms with Crippen molar-refractivity contribution in [2.45, 2.75) is 25.9 Å². The first-order valence-electron chi connectivity index (χ1n) is 6.45. The van der Waals surface area contributed by atoms with Crippen LogP contribution in [0.15, 0.2) is 30.3 Å². The van der Waals surface area contributed by atoms with E-state index in [2.05, 4.69) is 0 Å². The molecule has 0 saturated carbocycles. The largest absolute Gasteiger partial charge is 0.367 e. The third kappa shape index (κ3) is 3.95. The molecule has 1 heterocycles. The average molecular weight is 313 g/mol. The number of hydrogen-bond donors (Lipinski definition) is 1. The Hall–Kier alpha value is -1.10. The van der Waals surface area contributed by atoms with Crippen LogP contribution in [0, 0.1) is 5.82 Å². The number of nitrogens with two attached hydrogens (primary N) is 1. The molecule has 0 aliphatic rings. The summed E-state index contributed by atoms with van der Waals surface area (Å²) in [4.78, 5) is 2.99. The Balaban J connectivity index is 2.11. The highest BCUT2D eigenvalue weighted by molar-refractivity contribution is 7.16. The molecule has 0 fully saturated rings. The summed E-state index contributed by atoms with van der Waals surface area (Å²) in [7, 11) is 1.87. The number of anilines is 1. The topological polar surface area (TPSA) is 29.3 Å². The van der Waals surface area contributed by atoms with Crippen LogP contribution in [-0.4, -0.2) is 13.1 Å². The van der Waals surface area contributed by atoms with Gasteiger partial charge in [-0.2, -0.15) is 0 Å². The second kappa shape index (κ2) is 6.57. The Morgan fingerprint density at radius 1 is 1.35 bits per heavy atom. The van der Waals surface area contributed by atoms with E-state index in [1.165, 1.54) is 11.3 Å². The van der Waals surface area contributed by atoms with E-state index < -0.39 is 0 Å². The molecule has 0 saturated heterocycles. The number of benzene rings is 1. The highest BCUT2D eigenvalue weighted by Gasteiger charge is 2.10. The van der Waals surface area contributed by atoms with Gasteiger partial charge in [-0.05, 0) is 43.2 Å². The summed E-state index contributed by atoms with van der Waals surface area (Å²) in [5.41, 5.74) is 7.24. The number of thiophene rings is 1. The van der Waals surface area contributed by atoms with Gasteiger partial charge in [-0.25, -0.2) is 4.39 Å². The Labute approximate surface area is 128 Å². The summed E-state index contributed by atoms with van der Waals surface area (Å²) in [5, 5.41) is 0. The quantitative estimate of drug-likeness (QED) is 0.902. The fourth-order valence-corrected chi connectivity index (χ4v) is 3.26. The van der Waals surface area contributed by atoms with Crippen LogP contribution in [-0.2, 0) is 13.0 Å². The van der Waals surface area contributed by atoms with Crippen molar-refractivity contribution in [2.75, 3.05) is 11.9 Å². The molecular weight excluding hydrogens is 295 g/mol. The fraction of sp³-hybridized carbons (Fsp3) is 0.333. The van der Waals surface area contributed by atoms with E-state index in [0.29, 0.717) is 18.7 Å². The zero-order valence-corrected chi connectivity index (χ0v) is 13.1. The maximum Gasteiger partial charge on any atom is 0.146 e. The van der Waals surface area contributed by atoms with Crippen molar-refractivity contribution >= 4 is 28.6 Å². The minimum absolute atomic E-state index is 0.0336. The minimum Gasteiger partial charge on any atom is -0.367 e. The Morgan fingerprint density at radius 2 is 2.10 bits per heavy atom. The average Bonchev–Trinajstić information content (AvgIpc) is 2.73. The molecule has 0 radical (unpaired) electrons. The molecule has 1 aromatic heterocycles. The first-order chi connectivity index (χ1) is 9.45. The maximum atomic E-state index is 14.2. The van der Waals surface area contributed by atoms with Gasteiger partial charge in [-0.3, -0.25) is 0 Å². The highest BCUT2D eigenvalue weighted by Crippen LogP contribution is 2.26. The van der Waals surface area contributed by atoms with Gasteiger partial charge in [0, 0.05) is 18.0 Å². The van der Waals surface area contributed by atoms with Crippen LogP contribution in [0.3, 0.4) is 0 Å². The van der Waals surface area contributed by atoms with Gasteiger partial charge in [0.25, 0.3) is 0 Å². The molecule has 2 N–H and O–H groups in total. The maximum absolute atomic E-state index is 14.2. The lowest BCUT2D eigenvalue weighted by atomic mass is 10.1. The molecular formula is C15H18ClFN2S. The Bertz CT molecular complexity index is 583. The van der Waals surface area contributed by atoms with Crippen LogP contribution in [0.1, 0.15) is 17.4 Å². The standard InChI is InChI=1S/C15H18ClFN2S/c1-10(18)7-11-3-5-14(13(17)8-11)19(2)9-12-4-6-15(16)20-12/h3-6,8,10H,7,9,18H2,1-2H3. The molecule has 0 spiro atoms. The van der Waals surface area contributed by atoms with Gasteiger partial charge in [0.1, 0.15) is 5.82 Å². The van der Waals surface area contributed by atoms with Gasteiger partial charge >= 0.3 is 0 Å².